The summed E-state index contributed by atoms with van der Waals surface area (Å²) in [6.45, 7) is 2.36. The summed E-state index contributed by atoms with van der Waals surface area (Å²) in [5, 5.41) is 4.23. The lowest BCUT2D eigenvalue weighted by atomic mass is 9.80. The highest BCUT2D eigenvalue weighted by Crippen LogP contribution is 2.35. The van der Waals surface area contributed by atoms with E-state index >= 15 is 0 Å². The highest BCUT2D eigenvalue weighted by atomic mass is 15.2. The molecule has 1 aliphatic carbocycles. The molecule has 1 heterocycles. The number of rotatable bonds is 1. The third-order valence-electron chi connectivity index (χ3n) is 3.13. The molecule has 0 bridgehead atoms. The van der Waals surface area contributed by atoms with E-state index in [2.05, 4.69) is 18.2 Å². The minimum Gasteiger partial charge on any atom is -0.276 e. The monoisotopic (exact) mass is 178 g/mol. The summed E-state index contributed by atoms with van der Waals surface area (Å²) in [5.41, 5.74) is 1.44. The molecule has 0 spiro atoms. The molecule has 0 aliphatic heterocycles. The van der Waals surface area contributed by atoms with Gasteiger partial charge in [0.05, 0.1) is 6.20 Å². The first-order chi connectivity index (χ1) is 6.25. The van der Waals surface area contributed by atoms with Gasteiger partial charge >= 0.3 is 0 Å². The zero-order valence-corrected chi connectivity index (χ0v) is 8.53. The van der Waals surface area contributed by atoms with Crippen molar-refractivity contribution in [3.63, 3.8) is 0 Å². The van der Waals surface area contributed by atoms with E-state index in [1.54, 1.807) is 0 Å². The second kappa shape index (κ2) is 3.52. The highest BCUT2D eigenvalue weighted by Gasteiger charge is 2.20. The fraction of sp³-hybridized carbons (Fsp3) is 0.727. The van der Waals surface area contributed by atoms with Crippen molar-refractivity contribution < 1.29 is 0 Å². The number of hydrogen-bond acceptors (Lipinski definition) is 1. The standard InChI is InChI=1S/C11H18N2/c1-9-4-3-5-10(6-9)11-7-12-13(2)8-11/h7-10H,3-6H2,1-2H3/t9-,10?/m0/s1. The molecule has 1 saturated carbocycles. The molecule has 1 aromatic heterocycles. The van der Waals surface area contributed by atoms with Crippen LogP contribution in [0.3, 0.4) is 0 Å². The average Bonchev–Trinajstić information content (AvgIpc) is 2.52. The molecular weight excluding hydrogens is 160 g/mol. The highest BCUT2D eigenvalue weighted by molar-refractivity contribution is 5.11. The number of aryl methyl sites for hydroxylation is 1. The molecule has 1 fully saturated rings. The number of nitrogens with zero attached hydrogens (tertiary/aromatic N) is 2. The molecule has 0 radical (unpaired) electrons. The Morgan fingerprint density at radius 3 is 2.92 bits per heavy atom. The van der Waals surface area contributed by atoms with Gasteiger partial charge < -0.3 is 0 Å². The van der Waals surface area contributed by atoms with Gasteiger partial charge in [0.25, 0.3) is 0 Å². The Morgan fingerprint density at radius 1 is 1.46 bits per heavy atom. The van der Waals surface area contributed by atoms with Crippen LogP contribution in [-0.2, 0) is 7.05 Å². The van der Waals surface area contributed by atoms with E-state index in [0.29, 0.717) is 0 Å². The lowest BCUT2D eigenvalue weighted by Crippen LogP contribution is -2.11. The second-order valence-corrected chi connectivity index (χ2v) is 4.42. The summed E-state index contributed by atoms with van der Waals surface area (Å²) < 4.78 is 1.91. The predicted octanol–water partition coefficient (Wildman–Crippen LogP) is 2.71. The van der Waals surface area contributed by atoms with Crippen molar-refractivity contribution in [1.29, 1.82) is 0 Å². The van der Waals surface area contributed by atoms with Crippen LogP contribution in [0.2, 0.25) is 0 Å². The Hall–Kier alpha value is -0.790. The Balaban J connectivity index is 2.08. The normalized spacial score (nSPS) is 29.1. The second-order valence-electron chi connectivity index (χ2n) is 4.42. The molecule has 1 aliphatic rings. The Kier molecular flexibility index (Phi) is 2.38. The van der Waals surface area contributed by atoms with Crippen molar-refractivity contribution in [3.05, 3.63) is 18.0 Å². The van der Waals surface area contributed by atoms with Gasteiger partial charge in [0, 0.05) is 13.2 Å². The van der Waals surface area contributed by atoms with Crippen LogP contribution in [0.4, 0.5) is 0 Å². The summed E-state index contributed by atoms with van der Waals surface area (Å²) in [7, 11) is 2.00. The molecule has 0 aromatic carbocycles. The zero-order chi connectivity index (χ0) is 9.26. The Labute approximate surface area is 80.0 Å². The lowest BCUT2D eigenvalue weighted by Gasteiger charge is -2.25. The van der Waals surface area contributed by atoms with E-state index in [-0.39, 0.29) is 0 Å². The van der Waals surface area contributed by atoms with Gasteiger partial charge in [-0.25, -0.2) is 0 Å². The Bertz CT molecular complexity index is 277. The molecule has 0 amide bonds. The van der Waals surface area contributed by atoms with E-state index in [4.69, 9.17) is 0 Å². The van der Waals surface area contributed by atoms with Gasteiger partial charge in [0.15, 0.2) is 0 Å². The number of hydrogen-bond donors (Lipinski definition) is 0. The van der Waals surface area contributed by atoms with Crippen LogP contribution in [-0.4, -0.2) is 9.78 Å². The molecular formula is C11H18N2. The van der Waals surface area contributed by atoms with E-state index in [0.717, 1.165) is 11.8 Å². The van der Waals surface area contributed by atoms with Crippen LogP contribution in [0.25, 0.3) is 0 Å². The van der Waals surface area contributed by atoms with Crippen molar-refractivity contribution in [1.82, 2.24) is 9.78 Å². The van der Waals surface area contributed by atoms with Crippen molar-refractivity contribution >= 4 is 0 Å². The molecule has 2 heteroatoms. The maximum atomic E-state index is 4.23. The predicted molar refractivity (Wildman–Crippen MR) is 53.6 cm³/mol. The van der Waals surface area contributed by atoms with Gasteiger partial charge in [-0.15, -0.1) is 0 Å². The maximum Gasteiger partial charge on any atom is 0.0524 e. The fourth-order valence-electron chi connectivity index (χ4n) is 2.39. The number of aromatic nitrogens is 2. The lowest BCUT2D eigenvalue weighted by molar-refractivity contribution is 0.344. The van der Waals surface area contributed by atoms with Crippen LogP contribution < -0.4 is 0 Å². The fourth-order valence-corrected chi connectivity index (χ4v) is 2.39. The van der Waals surface area contributed by atoms with Gasteiger partial charge in [-0.05, 0) is 30.2 Å². The zero-order valence-electron chi connectivity index (χ0n) is 8.53. The summed E-state index contributed by atoms with van der Waals surface area (Å²) in [5.74, 6) is 1.68. The SMILES string of the molecule is C[C@H]1CCCC(c2cnn(C)c2)C1. The summed E-state index contributed by atoms with van der Waals surface area (Å²) >= 11 is 0. The molecule has 2 rings (SSSR count). The van der Waals surface area contributed by atoms with Gasteiger partial charge in [0.1, 0.15) is 0 Å². The first-order valence-corrected chi connectivity index (χ1v) is 5.24. The summed E-state index contributed by atoms with van der Waals surface area (Å²) in [4.78, 5) is 0. The third-order valence-corrected chi connectivity index (χ3v) is 3.13. The van der Waals surface area contributed by atoms with Crippen molar-refractivity contribution in [2.75, 3.05) is 0 Å². The minimum absolute atomic E-state index is 0.775. The molecule has 2 nitrogen and oxygen atoms in total. The topological polar surface area (TPSA) is 17.8 Å². The summed E-state index contributed by atoms with van der Waals surface area (Å²) in [6, 6.07) is 0. The van der Waals surface area contributed by atoms with Gasteiger partial charge in [-0.2, -0.15) is 5.10 Å². The largest absolute Gasteiger partial charge is 0.276 e. The van der Waals surface area contributed by atoms with E-state index in [1.807, 2.05) is 17.9 Å². The van der Waals surface area contributed by atoms with Crippen LogP contribution in [0.5, 0.6) is 0 Å². The van der Waals surface area contributed by atoms with Crippen LogP contribution in [0, 0.1) is 5.92 Å². The van der Waals surface area contributed by atoms with E-state index in [1.165, 1.54) is 31.2 Å². The van der Waals surface area contributed by atoms with E-state index < -0.39 is 0 Å². The first kappa shape index (κ1) is 8.79. The third kappa shape index (κ3) is 1.93. The maximum absolute atomic E-state index is 4.23. The van der Waals surface area contributed by atoms with E-state index in [9.17, 15) is 0 Å². The quantitative estimate of drug-likeness (QED) is 0.646. The molecule has 1 unspecified atom stereocenters. The Morgan fingerprint density at radius 2 is 2.31 bits per heavy atom. The van der Waals surface area contributed by atoms with Gasteiger partial charge in [-0.1, -0.05) is 19.8 Å². The molecule has 0 N–H and O–H groups in total. The van der Waals surface area contributed by atoms with Gasteiger partial charge in [0.2, 0.25) is 0 Å². The summed E-state index contributed by atoms with van der Waals surface area (Å²) in [6.07, 6.45) is 9.71. The van der Waals surface area contributed by atoms with Crippen LogP contribution >= 0.6 is 0 Å². The first-order valence-electron chi connectivity index (χ1n) is 5.24. The molecule has 2 atom stereocenters. The smallest absolute Gasteiger partial charge is 0.0524 e. The van der Waals surface area contributed by atoms with Gasteiger partial charge in [-0.3, -0.25) is 4.68 Å². The molecule has 72 valence electrons. The minimum atomic E-state index is 0.775. The van der Waals surface area contributed by atoms with Crippen molar-refractivity contribution in [2.24, 2.45) is 13.0 Å². The van der Waals surface area contributed by atoms with Crippen molar-refractivity contribution in [2.45, 2.75) is 38.5 Å². The molecule has 1 aromatic rings. The van der Waals surface area contributed by atoms with Crippen molar-refractivity contribution in [3.8, 4) is 0 Å². The molecule has 13 heavy (non-hydrogen) atoms. The van der Waals surface area contributed by atoms with Crippen LogP contribution in [0.15, 0.2) is 12.4 Å². The molecule has 0 saturated heterocycles. The van der Waals surface area contributed by atoms with Crippen LogP contribution in [0.1, 0.15) is 44.1 Å². The average molecular weight is 178 g/mol.